The number of nitrogens with zero attached hydrogens (tertiary/aromatic N) is 2. The lowest BCUT2D eigenvalue weighted by Crippen LogP contribution is -2.23. The second-order valence-electron chi connectivity index (χ2n) is 7.32. The van der Waals surface area contributed by atoms with Crippen LogP contribution in [-0.4, -0.2) is 22.2 Å². The van der Waals surface area contributed by atoms with Crippen LogP contribution in [0.25, 0.3) is 16.6 Å². The Bertz CT molecular complexity index is 1360. The lowest BCUT2D eigenvalue weighted by molar-refractivity contribution is 0.262. The number of fused-ring (bicyclic) bond motifs is 1. The first-order chi connectivity index (χ1) is 15.5. The van der Waals surface area contributed by atoms with E-state index in [1.165, 1.54) is 0 Å². The molecule has 1 aromatic heterocycles. The quantitative estimate of drug-likeness (QED) is 0.466. The molecule has 2 N–H and O–H groups in total. The Kier molecular flexibility index (Phi) is 5.89. The van der Waals surface area contributed by atoms with Crippen LogP contribution in [0.15, 0.2) is 71.5 Å². The summed E-state index contributed by atoms with van der Waals surface area (Å²) in [6.45, 7) is 6.07. The van der Waals surface area contributed by atoms with Crippen LogP contribution in [0.1, 0.15) is 18.3 Å². The van der Waals surface area contributed by atoms with Crippen molar-refractivity contribution in [3.8, 4) is 11.4 Å². The van der Waals surface area contributed by atoms with Crippen LogP contribution in [-0.2, 0) is 0 Å². The van der Waals surface area contributed by atoms with Crippen molar-refractivity contribution in [3.05, 3.63) is 88.5 Å². The van der Waals surface area contributed by atoms with Gasteiger partial charge in [0.2, 0.25) is 0 Å². The monoisotopic (exact) mass is 428 g/mol. The van der Waals surface area contributed by atoms with Gasteiger partial charge < -0.3 is 15.4 Å². The number of hydrogen-bond acceptors (Lipinski definition) is 4. The molecule has 0 spiro atoms. The van der Waals surface area contributed by atoms with E-state index in [-0.39, 0.29) is 11.6 Å². The number of para-hydroxylation sites is 3. The number of rotatable bonds is 5. The molecule has 0 bridgehead atoms. The number of benzene rings is 3. The highest BCUT2D eigenvalue weighted by molar-refractivity contribution is 6.01. The highest BCUT2D eigenvalue weighted by atomic mass is 16.5. The van der Waals surface area contributed by atoms with Gasteiger partial charge in [0.05, 0.1) is 28.9 Å². The number of nitrogens with one attached hydrogen (secondary N) is 2. The number of aromatic nitrogens is 2. The number of ether oxygens (including phenoxy) is 1. The molecule has 0 unspecified atom stereocenters. The maximum Gasteiger partial charge on any atom is 0.323 e. The lowest BCUT2D eigenvalue weighted by atomic mass is 10.1. The van der Waals surface area contributed by atoms with Crippen molar-refractivity contribution in [2.75, 3.05) is 17.2 Å². The van der Waals surface area contributed by atoms with E-state index in [0.717, 1.165) is 5.56 Å². The summed E-state index contributed by atoms with van der Waals surface area (Å²) in [7, 11) is 0. The molecule has 3 aromatic carbocycles. The zero-order valence-electron chi connectivity index (χ0n) is 18.2. The highest BCUT2D eigenvalue weighted by Gasteiger charge is 2.12. The van der Waals surface area contributed by atoms with Crippen molar-refractivity contribution in [2.24, 2.45) is 0 Å². The van der Waals surface area contributed by atoms with Crippen molar-refractivity contribution in [1.29, 1.82) is 0 Å². The van der Waals surface area contributed by atoms with Crippen molar-refractivity contribution >= 4 is 28.3 Å². The molecule has 0 aliphatic carbocycles. The molecule has 7 nitrogen and oxygen atoms in total. The molecule has 0 fully saturated rings. The number of aryl methyl sites for hydroxylation is 2. The normalized spacial score (nSPS) is 10.7. The fourth-order valence-electron chi connectivity index (χ4n) is 3.60. The van der Waals surface area contributed by atoms with Gasteiger partial charge in [0, 0.05) is 5.69 Å². The first-order valence-electron chi connectivity index (χ1n) is 10.4. The van der Waals surface area contributed by atoms with Crippen LogP contribution in [0.2, 0.25) is 0 Å². The van der Waals surface area contributed by atoms with Crippen molar-refractivity contribution < 1.29 is 9.53 Å². The standard InChI is InChI=1S/C25H24N4O3/c1-4-32-23-12-8-7-11-22(23)28-25(31)27-20-14-13-18(15-16(20)2)29-17(3)26-21-10-6-5-9-19(21)24(29)30/h5-15H,4H2,1-3H3,(H2,27,28,31). The molecule has 4 rings (SSSR count). The molecule has 162 valence electrons. The fourth-order valence-corrected chi connectivity index (χ4v) is 3.60. The third-order valence-corrected chi connectivity index (χ3v) is 5.09. The number of anilines is 2. The van der Waals surface area contributed by atoms with Crippen LogP contribution in [0, 0.1) is 13.8 Å². The molecule has 2 amide bonds. The molecular weight excluding hydrogens is 404 g/mol. The number of carbonyl (C=O) groups excluding carboxylic acids is 1. The summed E-state index contributed by atoms with van der Waals surface area (Å²) >= 11 is 0. The van der Waals surface area contributed by atoms with E-state index in [1.807, 2.05) is 50.2 Å². The number of hydrogen-bond donors (Lipinski definition) is 2. The van der Waals surface area contributed by atoms with Gasteiger partial charge in [0.15, 0.2) is 0 Å². The van der Waals surface area contributed by atoms with Gasteiger partial charge in [-0.25, -0.2) is 9.78 Å². The number of carbonyl (C=O) groups is 1. The zero-order valence-corrected chi connectivity index (χ0v) is 18.2. The van der Waals surface area contributed by atoms with E-state index >= 15 is 0 Å². The molecule has 32 heavy (non-hydrogen) atoms. The van der Waals surface area contributed by atoms with Crippen molar-refractivity contribution in [3.63, 3.8) is 0 Å². The average Bonchev–Trinajstić information content (AvgIpc) is 2.77. The fraction of sp³-hybridized carbons (Fsp3) is 0.160. The maximum absolute atomic E-state index is 13.0. The summed E-state index contributed by atoms with van der Waals surface area (Å²) in [5.74, 6) is 1.20. The van der Waals surface area contributed by atoms with Gasteiger partial charge in [0.1, 0.15) is 11.6 Å². The Morgan fingerprint density at radius 2 is 1.69 bits per heavy atom. The molecule has 0 aliphatic heterocycles. The van der Waals surface area contributed by atoms with Crippen molar-refractivity contribution in [2.45, 2.75) is 20.8 Å². The van der Waals surface area contributed by atoms with Crippen LogP contribution in [0.4, 0.5) is 16.2 Å². The van der Waals surface area contributed by atoms with Crippen molar-refractivity contribution in [1.82, 2.24) is 9.55 Å². The zero-order chi connectivity index (χ0) is 22.7. The summed E-state index contributed by atoms with van der Waals surface area (Å²) in [5, 5.41) is 6.23. The summed E-state index contributed by atoms with van der Waals surface area (Å²) < 4.78 is 7.13. The van der Waals surface area contributed by atoms with E-state index in [9.17, 15) is 9.59 Å². The first kappa shape index (κ1) is 21.1. The van der Waals surface area contributed by atoms with E-state index < -0.39 is 0 Å². The van der Waals surface area contributed by atoms with Crippen LogP contribution < -0.4 is 20.9 Å². The average molecular weight is 428 g/mol. The van der Waals surface area contributed by atoms with E-state index in [2.05, 4.69) is 15.6 Å². The molecule has 1 heterocycles. The minimum atomic E-state index is -0.381. The molecule has 0 atom stereocenters. The minimum absolute atomic E-state index is 0.126. The van der Waals surface area contributed by atoms with E-state index in [0.29, 0.717) is 46.1 Å². The SMILES string of the molecule is CCOc1ccccc1NC(=O)Nc1ccc(-n2c(C)nc3ccccc3c2=O)cc1C. The third kappa shape index (κ3) is 4.18. The molecule has 0 saturated heterocycles. The van der Waals surface area contributed by atoms with Gasteiger partial charge >= 0.3 is 6.03 Å². The first-order valence-corrected chi connectivity index (χ1v) is 10.4. The molecule has 7 heteroatoms. The molecule has 4 aromatic rings. The van der Waals surface area contributed by atoms with Crippen LogP contribution in [0.5, 0.6) is 5.75 Å². The van der Waals surface area contributed by atoms with Gasteiger partial charge in [-0.05, 0) is 68.8 Å². The largest absolute Gasteiger partial charge is 0.492 e. The van der Waals surface area contributed by atoms with Gasteiger partial charge in [0.25, 0.3) is 5.56 Å². The van der Waals surface area contributed by atoms with Crippen LogP contribution in [0.3, 0.4) is 0 Å². The van der Waals surface area contributed by atoms with Gasteiger partial charge in [-0.1, -0.05) is 24.3 Å². The predicted octanol–water partition coefficient (Wildman–Crippen LogP) is 5.05. The Morgan fingerprint density at radius 3 is 2.47 bits per heavy atom. The lowest BCUT2D eigenvalue weighted by Gasteiger charge is -2.15. The van der Waals surface area contributed by atoms with Gasteiger partial charge in [-0.3, -0.25) is 9.36 Å². The third-order valence-electron chi connectivity index (χ3n) is 5.09. The molecule has 0 aliphatic rings. The second-order valence-corrected chi connectivity index (χ2v) is 7.32. The number of amides is 2. The maximum atomic E-state index is 13.0. The second kappa shape index (κ2) is 8.93. The van der Waals surface area contributed by atoms with Gasteiger partial charge in [-0.2, -0.15) is 0 Å². The summed E-state index contributed by atoms with van der Waals surface area (Å²) in [4.78, 5) is 30.2. The Morgan fingerprint density at radius 1 is 0.969 bits per heavy atom. The Balaban J connectivity index is 1.59. The van der Waals surface area contributed by atoms with Gasteiger partial charge in [-0.15, -0.1) is 0 Å². The number of urea groups is 1. The predicted molar refractivity (Wildman–Crippen MR) is 127 cm³/mol. The summed E-state index contributed by atoms with van der Waals surface area (Å²) in [6, 6.07) is 19.6. The molecule has 0 radical (unpaired) electrons. The molecular formula is C25H24N4O3. The Hall–Kier alpha value is -4.13. The highest BCUT2D eigenvalue weighted by Crippen LogP contribution is 2.25. The van der Waals surface area contributed by atoms with E-state index in [1.54, 1.807) is 41.8 Å². The smallest absolute Gasteiger partial charge is 0.323 e. The minimum Gasteiger partial charge on any atom is -0.492 e. The summed E-state index contributed by atoms with van der Waals surface area (Å²) in [6.07, 6.45) is 0. The molecule has 0 saturated carbocycles. The summed E-state index contributed by atoms with van der Waals surface area (Å²) in [5.41, 5.74) is 3.28. The Labute approximate surface area is 185 Å². The topological polar surface area (TPSA) is 85.2 Å². The van der Waals surface area contributed by atoms with E-state index in [4.69, 9.17) is 4.74 Å². The van der Waals surface area contributed by atoms with Crippen LogP contribution >= 0.6 is 0 Å².